The van der Waals surface area contributed by atoms with E-state index in [0.717, 1.165) is 25.7 Å². The zero-order valence-electron chi connectivity index (χ0n) is 18.3. The van der Waals surface area contributed by atoms with Crippen LogP contribution >= 0.6 is 0 Å². The molecule has 4 rings (SSSR count). The number of aliphatic hydroxyl groups is 2. The van der Waals surface area contributed by atoms with Crippen LogP contribution in [0.1, 0.15) is 80.1 Å². The van der Waals surface area contributed by atoms with E-state index in [1.807, 2.05) is 6.08 Å². The topological polar surface area (TPSA) is 40.5 Å². The van der Waals surface area contributed by atoms with E-state index in [0.29, 0.717) is 23.7 Å². The average Bonchev–Trinajstić information content (AvgIpc) is 2.88. The highest BCUT2D eigenvalue weighted by molar-refractivity contribution is 5.32. The smallest absolute Gasteiger partial charge is 0.0804 e. The molecule has 4 aliphatic rings. The molecule has 2 nitrogen and oxygen atoms in total. The molecule has 0 aromatic heterocycles. The van der Waals surface area contributed by atoms with Crippen molar-refractivity contribution in [1.29, 1.82) is 0 Å². The average molecular weight is 373 g/mol. The van der Waals surface area contributed by atoms with Gasteiger partial charge in [-0.3, -0.25) is 0 Å². The van der Waals surface area contributed by atoms with Crippen LogP contribution < -0.4 is 0 Å². The van der Waals surface area contributed by atoms with Crippen molar-refractivity contribution < 1.29 is 10.2 Å². The van der Waals surface area contributed by atoms with Gasteiger partial charge in [0.25, 0.3) is 0 Å². The molecule has 0 unspecified atom stereocenters. The standard InChI is InChI=1S/C25H40O2/c1-15(2)17-9-11-23(4)18(17)10-12-24(5)19-8-7-16(3)13-21(26)25(19,6)22(27)14-20(23)24/h10,13,15,17,19-22,26-27H,7-9,11-12,14H2,1-6H3/t17-,19+,20-,21+,22-,23+,24+,25+/m0/s1. The largest absolute Gasteiger partial charge is 0.392 e. The van der Waals surface area contributed by atoms with Crippen molar-refractivity contribution >= 4 is 0 Å². The Labute approximate surface area is 166 Å². The van der Waals surface area contributed by atoms with Crippen LogP contribution in [0.2, 0.25) is 0 Å². The van der Waals surface area contributed by atoms with Gasteiger partial charge in [-0.1, -0.05) is 57.9 Å². The summed E-state index contributed by atoms with van der Waals surface area (Å²) >= 11 is 0. The summed E-state index contributed by atoms with van der Waals surface area (Å²) in [6.07, 6.45) is 10.3. The molecular formula is C25H40O2. The molecule has 2 heteroatoms. The maximum absolute atomic E-state index is 11.4. The van der Waals surface area contributed by atoms with Gasteiger partial charge in [-0.25, -0.2) is 0 Å². The molecule has 0 radical (unpaired) electrons. The number of aliphatic hydroxyl groups excluding tert-OH is 2. The first-order valence-corrected chi connectivity index (χ1v) is 11.3. The second-order valence-electron chi connectivity index (χ2n) is 11.4. The van der Waals surface area contributed by atoms with E-state index in [1.165, 1.54) is 18.4 Å². The summed E-state index contributed by atoms with van der Waals surface area (Å²) < 4.78 is 0. The number of rotatable bonds is 1. The zero-order chi connectivity index (χ0) is 19.8. The van der Waals surface area contributed by atoms with Crippen LogP contribution in [0.25, 0.3) is 0 Å². The van der Waals surface area contributed by atoms with Crippen molar-refractivity contribution in [3.05, 3.63) is 23.3 Å². The molecule has 0 spiro atoms. The lowest BCUT2D eigenvalue weighted by atomic mass is 9.41. The molecule has 0 saturated heterocycles. The van der Waals surface area contributed by atoms with E-state index in [4.69, 9.17) is 0 Å². The minimum absolute atomic E-state index is 0.164. The van der Waals surface area contributed by atoms with Gasteiger partial charge in [-0.15, -0.1) is 0 Å². The molecule has 2 N–H and O–H groups in total. The zero-order valence-corrected chi connectivity index (χ0v) is 18.3. The van der Waals surface area contributed by atoms with E-state index >= 15 is 0 Å². The highest BCUT2D eigenvalue weighted by Crippen LogP contribution is 2.70. The van der Waals surface area contributed by atoms with Gasteiger partial charge < -0.3 is 10.2 Å². The Kier molecular flexibility index (Phi) is 4.52. The first kappa shape index (κ1) is 19.7. The molecule has 0 heterocycles. The second-order valence-corrected chi connectivity index (χ2v) is 11.4. The van der Waals surface area contributed by atoms with Gasteiger partial charge >= 0.3 is 0 Å². The normalized spacial score (nSPS) is 52.4. The summed E-state index contributed by atoms with van der Waals surface area (Å²) in [7, 11) is 0. The predicted molar refractivity (Wildman–Crippen MR) is 111 cm³/mol. The van der Waals surface area contributed by atoms with Crippen molar-refractivity contribution in [1.82, 2.24) is 0 Å². The molecule has 2 fully saturated rings. The minimum Gasteiger partial charge on any atom is -0.392 e. The maximum atomic E-state index is 11.4. The fraction of sp³-hybridized carbons (Fsp3) is 0.840. The molecule has 0 aliphatic heterocycles. The van der Waals surface area contributed by atoms with Crippen molar-refractivity contribution in [2.75, 3.05) is 0 Å². The van der Waals surface area contributed by atoms with Crippen LogP contribution in [0.5, 0.6) is 0 Å². The fourth-order valence-corrected chi connectivity index (χ4v) is 8.11. The first-order chi connectivity index (χ1) is 12.5. The quantitative estimate of drug-likeness (QED) is 0.597. The highest BCUT2D eigenvalue weighted by atomic mass is 16.3. The summed E-state index contributed by atoms with van der Waals surface area (Å²) in [6, 6.07) is 0. The summed E-state index contributed by atoms with van der Waals surface area (Å²) in [6.45, 7) is 14.0. The third-order valence-corrected chi connectivity index (χ3v) is 9.80. The first-order valence-electron chi connectivity index (χ1n) is 11.3. The van der Waals surface area contributed by atoms with E-state index < -0.39 is 17.6 Å². The van der Waals surface area contributed by atoms with Gasteiger partial charge in [0.05, 0.1) is 12.2 Å². The summed E-state index contributed by atoms with van der Waals surface area (Å²) in [5, 5.41) is 22.5. The predicted octanol–water partition coefficient (Wildman–Crippen LogP) is 5.50. The lowest BCUT2D eigenvalue weighted by Gasteiger charge is -2.64. The summed E-state index contributed by atoms with van der Waals surface area (Å²) in [5.74, 6) is 2.30. The number of hydrogen-bond acceptors (Lipinski definition) is 2. The molecular weight excluding hydrogens is 332 g/mol. The molecule has 2 saturated carbocycles. The molecule has 4 aliphatic carbocycles. The number of allylic oxidation sites excluding steroid dienone is 3. The van der Waals surface area contributed by atoms with Gasteiger partial charge in [0.1, 0.15) is 0 Å². The molecule has 0 amide bonds. The SMILES string of the molecule is CC1=C[C@@H](O)[C@@]2(C)[C@H](CC1)[C@@]1(C)CC=C3[C@H](C(C)C)CC[C@@]3(C)[C@@H]1C[C@@H]2O. The van der Waals surface area contributed by atoms with Crippen molar-refractivity contribution in [2.24, 2.45) is 39.9 Å². The Hall–Kier alpha value is -0.600. The van der Waals surface area contributed by atoms with Gasteiger partial charge in [0.15, 0.2) is 0 Å². The Morgan fingerprint density at radius 1 is 1.07 bits per heavy atom. The monoisotopic (exact) mass is 372 g/mol. The van der Waals surface area contributed by atoms with Crippen molar-refractivity contribution in [3.63, 3.8) is 0 Å². The van der Waals surface area contributed by atoms with Gasteiger partial charge in [0.2, 0.25) is 0 Å². The molecule has 0 bridgehead atoms. The van der Waals surface area contributed by atoms with Crippen LogP contribution in [-0.4, -0.2) is 22.4 Å². The van der Waals surface area contributed by atoms with Gasteiger partial charge in [-0.05, 0) is 80.0 Å². The fourth-order valence-electron chi connectivity index (χ4n) is 8.11. The second kappa shape index (κ2) is 6.20. The van der Waals surface area contributed by atoms with E-state index in [9.17, 15) is 10.2 Å². The minimum atomic E-state index is -0.539. The molecule has 27 heavy (non-hydrogen) atoms. The van der Waals surface area contributed by atoms with E-state index in [-0.39, 0.29) is 10.8 Å². The van der Waals surface area contributed by atoms with E-state index in [1.54, 1.807) is 5.57 Å². The Balaban J connectivity index is 1.80. The molecule has 8 atom stereocenters. The van der Waals surface area contributed by atoms with Crippen LogP contribution in [0.4, 0.5) is 0 Å². The number of fused-ring (bicyclic) bond motifs is 5. The number of hydrogen-bond donors (Lipinski definition) is 2. The van der Waals surface area contributed by atoms with Crippen molar-refractivity contribution in [3.8, 4) is 0 Å². The van der Waals surface area contributed by atoms with Crippen LogP contribution in [0.3, 0.4) is 0 Å². The van der Waals surface area contributed by atoms with Crippen LogP contribution in [0.15, 0.2) is 23.3 Å². The highest BCUT2D eigenvalue weighted by Gasteiger charge is 2.65. The van der Waals surface area contributed by atoms with E-state index in [2.05, 4.69) is 47.6 Å². The lowest BCUT2D eigenvalue weighted by Crippen LogP contribution is -2.62. The summed E-state index contributed by atoms with van der Waals surface area (Å²) in [5.41, 5.74) is 2.94. The maximum Gasteiger partial charge on any atom is 0.0804 e. The Bertz CT molecular complexity index is 676. The summed E-state index contributed by atoms with van der Waals surface area (Å²) in [4.78, 5) is 0. The lowest BCUT2D eigenvalue weighted by molar-refractivity contribution is -0.193. The molecule has 0 aromatic rings. The Morgan fingerprint density at radius 2 is 1.78 bits per heavy atom. The molecule has 152 valence electrons. The van der Waals surface area contributed by atoms with Crippen LogP contribution in [0, 0.1) is 39.9 Å². The third kappa shape index (κ3) is 2.51. The van der Waals surface area contributed by atoms with Gasteiger partial charge in [-0.2, -0.15) is 0 Å². The van der Waals surface area contributed by atoms with Gasteiger partial charge in [0, 0.05) is 5.41 Å². The third-order valence-electron chi connectivity index (χ3n) is 9.80. The molecule has 0 aromatic carbocycles. The van der Waals surface area contributed by atoms with Crippen LogP contribution in [-0.2, 0) is 0 Å². The van der Waals surface area contributed by atoms with Crippen molar-refractivity contribution in [2.45, 2.75) is 92.3 Å². The Morgan fingerprint density at radius 3 is 2.44 bits per heavy atom.